The molecule has 1 heterocycles. The molecule has 21 heavy (non-hydrogen) atoms. The minimum Gasteiger partial charge on any atom is -0.480 e. The summed E-state index contributed by atoms with van der Waals surface area (Å²) in [6.07, 6.45) is 5.29. The minimum atomic E-state index is -3.65. The number of carbonyl (C=O) groups is 1. The molecule has 1 aliphatic carbocycles. The van der Waals surface area contributed by atoms with Gasteiger partial charge in [0.05, 0.1) is 6.20 Å². The fourth-order valence-corrected chi connectivity index (χ4v) is 5.00. The zero-order chi connectivity index (χ0) is 15.5. The van der Waals surface area contributed by atoms with Crippen LogP contribution in [0.4, 0.5) is 0 Å². The van der Waals surface area contributed by atoms with Crippen LogP contribution in [0.5, 0.6) is 0 Å². The van der Waals surface area contributed by atoms with E-state index >= 15 is 0 Å². The monoisotopic (exact) mass is 333 g/mol. The number of sulfonamides is 1. The third-order valence-electron chi connectivity index (χ3n) is 3.36. The van der Waals surface area contributed by atoms with Crippen LogP contribution in [0.2, 0.25) is 0 Å². The van der Waals surface area contributed by atoms with Crippen molar-refractivity contribution in [1.29, 1.82) is 0 Å². The number of aliphatic carboxylic acids is 1. The van der Waals surface area contributed by atoms with Crippen molar-refractivity contribution in [1.82, 2.24) is 14.5 Å². The molecule has 0 radical (unpaired) electrons. The maximum atomic E-state index is 12.3. The van der Waals surface area contributed by atoms with Gasteiger partial charge in [-0.25, -0.2) is 13.1 Å². The highest BCUT2D eigenvalue weighted by Gasteiger charge is 2.31. The summed E-state index contributed by atoms with van der Waals surface area (Å²) in [5.41, 5.74) is 0. The van der Waals surface area contributed by atoms with E-state index in [1.807, 2.05) is 0 Å². The van der Waals surface area contributed by atoms with Crippen LogP contribution in [0, 0.1) is 0 Å². The first-order valence-corrected chi connectivity index (χ1v) is 9.33. The summed E-state index contributed by atoms with van der Waals surface area (Å²) in [5, 5.41) is 12.7. The number of aromatic nitrogens is 2. The summed E-state index contributed by atoms with van der Waals surface area (Å²) < 4.78 is 28.5. The SMILES string of the molecule is CCSC1CCCC1NS(=O)(=O)c1cnn(CC(=O)O)c1. The molecule has 2 N–H and O–H groups in total. The lowest BCUT2D eigenvalue weighted by atomic mass is 10.3. The number of nitrogens with zero attached hydrogens (tertiary/aromatic N) is 2. The van der Waals surface area contributed by atoms with Gasteiger partial charge in [-0.1, -0.05) is 13.3 Å². The lowest BCUT2D eigenvalue weighted by molar-refractivity contribution is -0.137. The number of rotatable bonds is 7. The van der Waals surface area contributed by atoms with Gasteiger partial charge in [0.1, 0.15) is 11.4 Å². The van der Waals surface area contributed by atoms with E-state index in [-0.39, 0.29) is 17.5 Å². The molecule has 2 rings (SSSR count). The third-order valence-corrected chi connectivity index (χ3v) is 6.13. The molecule has 0 aromatic carbocycles. The predicted molar refractivity (Wildman–Crippen MR) is 79.7 cm³/mol. The Morgan fingerprint density at radius 2 is 2.33 bits per heavy atom. The fraction of sp³-hybridized carbons (Fsp3) is 0.667. The van der Waals surface area contributed by atoms with Gasteiger partial charge in [0.25, 0.3) is 0 Å². The Kier molecular flexibility index (Phi) is 5.28. The Balaban J connectivity index is 2.07. The largest absolute Gasteiger partial charge is 0.480 e. The van der Waals surface area contributed by atoms with E-state index in [1.54, 1.807) is 11.8 Å². The lowest BCUT2D eigenvalue weighted by Gasteiger charge is -2.19. The normalized spacial score (nSPS) is 22.5. The first-order chi connectivity index (χ1) is 9.92. The third kappa shape index (κ3) is 4.21. The topological polar surface area (TPSA) is 101 Å². The van der Waals surface area contributed by atoms with Gasteiger partial charge in [0.15, 0.2) is 0 Å². The Hall–Kier alpha value is -1.06. The van der Waals surface area contributed by atoms with Crippen molar-refractivity contribution in [2.45, 2.75) is 48.9 Å². The predicted octanol–water partition coefficient (Wildman–Crippen LogP) is 0.920. The molecule has 2 unspecified atom stereocenters. The van der Waals surface area contributed by atoms with Gasteiger partial charge in [0.2, 0.25) is 10.0 Å². The number of hydrogen-bond acceptors (Lipinski definition) is 5. The highest BCUT2D eigenvalue weighted by Crippen LogP contribution is 2.30. The Morgan fingerprint density at radius 3 is 3.00 bits per heavy atom. The van der Waals surface area contributed by atoms with Gasteiger partial charge in [0, 0.05) is 17.5 Å². The van der Waals surface area contributed by atoms with Crippen LogP contribution in [-0.2, 0) is 21.4 Å². The average Bonchev–Trinajstić information content (AvgIpc) is 2.99. The van der Waals surface area contributed by atoms with Crippen molar-refractivity contribution < 1.29 is 18.3 Å². The quantitative estimate of drug-likeness (QED) is 0.769. The van der Waals surface area contributed by atoms with E-state index in [1.165, 1.54) is 12.4 Å². The molecular formula is C12H19N3O4S2. The number of hydrogen-bond donors (Lipinski definition) is 2. The highest BCUT2D eigenvalue weighted by atomic mass is 32.2. The summed E-state index contributed by atoms with van der Waals surface area (Å²) in [6.45, 7) is 1.71. The standard InChI is InChI=1S/C12H19N3O4S2/c1-2-20-11-5-3-4-10(11)14-21(18,19)9-6-13-15(7-9)8-12(16)17/h6-7,10-11,14H,2-5,8H2,1H3,(H,16,17). The van der Waals surface area contributed by atoms with Crippen molar-refractivity contribution in [2.75, 3.05) is 5.75 Å². The Bertz CT molecular complexity index is 599. The molecule has 118 valence electrons. The number of thioether (sulfide) groups is 1. The maximum absolute atomic E-state index is 12.3. The molecule has 1 aromatic heterocycles. The second-order valence-electron chi connectivity index (χ2n) is 4.92. The molecule has 2 atom stereocenters. The summed E-state index contributed by atoms with van der Waals surface area (Å²) in [7, 11) is -3.65. The van der Waals surface area contributed by atoms with Crippen molar-refractivity contribution >= 4 is 27.8 Å². The van der Waals surface area contributed by atoms with Gasteiger partial charge < -0.3 is 5.11 Å². The van der Waals surface area contributed by atoms with Crippen LogP contribution in [0.1, 0.15) is 26.2 Å². The van der Waals surface area contributed by atoms with Crippen LogP contribution in [0.25, 0.3) is 0 Å². The second-order valence-corrected chi connectivity index (χ2v) is 8.15. The van der Waals surface area contributed by atoms with E-state index in [9.17, 15) is 13.2 Å². The number of nitrogens with one attached hydrogen (secondary N) is 1. The number of carboxylic acid groups (broad SMARTS) is 1. The van der Waals surface area contributed by atoms with Crippen LogP contribution in [0.3, 0.4) is 0 Å². The molecule has 0 spiro atoms. The van der Waals surface area contributed by atoms with Gasteiger partial charge in [-0.05, 0) is 18.6 Å². The summed E-state index contributed by atoms with van der Waals surface area (Å²) in [5.74, 6) is -0.107. The smallest absolute Gasteiger partial charge is 0.325 e. The highest BCUT2D eigenvalue weighted by molar-refractivity contribution is 8.00. The zero-order valence-electron chi connectivity index (χ0n) is 11.7. The van der Waals surface area contributed by atoms with E-state index in [2.05, 4.69) is 16.7 Å². The first-order valence-electron chi connectivity index (χ1n) is 6.80. The van der Waals surface area contributed by atoms with E-state index in [4.69, 9.17) is 5.11 Å². The van der Waals surface area contributed by atoms with Crippen LogP contribution in [0.15, 0.2) is 17.3 Å². The number of carboxylic acids is 1. The summed E-state index contributed by atoms with van der Waals surface area (Å²) >= 11 is 1.77. The molecule has 1 fully saturated rings. The van der Waals surface area contributed by atoms with Crippen LogP contribution >= 0.6 is 11.8 Å². The van der Waals surface area contributed by atoms with Crippen molar-refractivity contribution in [3.63, 3.8) is 0 Å². The zero-order valence-corrected chi connectivity index (χ0v) is 13.4. The van der Waals surface area contributed by atoms with Gasteiger partial charge in [-0.3, -0.25) is 9.48 Å². The molecule has 9 heteroatoms. The first kappa shape index (κ1) is 16.3. The molecule has 0 bridgehead atoms. The molecule has 1 aliphatic rings. The van der Waals surface area contributed by atoms with Crippen molar-refractivity contribution in [3.8, 4) is 0 Å². The molecule has 0 saturated heterocycles. The maximum Gasteiger partial charge on any atom is 0.325 e. The van der Waals surface area contributed by atoms with E-state index in [0.717, 1.165) is 29.7 Å². The molecule has 0 amide bonds. The van der Waals surface area contributed by atoms with Crippen LogP contribution in [-0.4, -0.2) is 46.3 Å². The van der Waals surface area contributed by atoms with Gasteiger partial charge in [-0.2, -0.15) is 16.9 Å². The average molecular weight is 333 g/mol. The van der Waals surface area contributed by atoms with Crippen molar-refractivity contribution in [2.24, 2.45) is 0 Å². The summed E-state index contributed by atoms with van der Waals surface area (Å²) in [6, 6.07) is -0.0669. The fourth-order valence-electron chi connectivity index (χ4n) is 2.45. The molecule has 1 saturated carbocycles. The lowest BCUT2D eigenvalue weighted by Crippen LogP contribution is -2.38. The van der Waals surface area contributed by atoms with Gasteiger partial charge >= 0.3 is 5.97 Å². The molecule has 0 aliphatic heterocycles. The molecule has 7 nitrogen and oxygen atoms in total. The van der Waals surface area contributed by atoms with Gasteiger partial charge in [-0.15, -0.1) is 0 Å². The molecule has 1 aromatic rings. The molecular weight excluding hydrogens is 314 g/mol. The second kappa shape index (κ2) is 6.80. The van der Waals surface area contributed by atoms with Crippen molar-refractivity contribution in [3.05, 3.63) is 12.4 Å². The Morgan fingerprint density at radius 1 is 1.57 bits per heavy atom. The van der Waals surface area contributed by atoms with E-state index in [0.29, 0.717) is 5.25 Å². The van der Waals surface area contributed by atoms with E-state index < -0.39 is 16.0 Å². The summed E-state index contributed by atoms with van der Waals surface area (Å²) in [4.78, 5) is 10.6. The Labute approximate surface area is 128 Å². The minimum absolute atomic E-state index is 0.0101. The van der Waals surface area contributed by atoms with Crippen LogP contribution < -0.4 is 4.72 Å².